The first-order chi connectivity index (χ1) is 16.3. The number of nitrogens with one attached hydrogen (secondary N) is 1. The minimum absolute atomic E-state index is 0.173. The van der Waals surface area contributed by atoms with Gasteiger partial charge in [0, 0.05) is 24.3 Å². The van der Waals surface area contributed by atoms with Crippen LogP contribution < -0.4 is 19.5 Å². The molecule has 0 bridgehead atoms. The van der Waals surface area contributed by atoms with E-state index in [4.69, 9.17) is 14.2 Å². The SMILES string of the molecule is CCOc1cc(C(=O)Nc2cc(S(=O)(=O)N3CCCCC3)ccc2C)cc(OCC)c1OCC. The summed E-state index contributed by atoms with van der Waals surface area (Å²) in [5.41, 5.74) is 1.51. The third-order valence-corrected chi connectivity index (χ3v) is 7.48. The Morgan fingerprint density at radius 3 is 2.06 bits per heavy atom. The van der Waals surface area contributed by atoms with Crippen LogP contribution in [0.2, 0.25) is 0 Å². The molecule has 1 N–H and O–H groups in total. The number of hydrogen-bond donors (Lipinski definition) is 1. The van der Waals surface area contributed by atoms with Crippen LogP contribution in [0.4, 0.5) is 5.69 Å². The largest absolute Gasteiger partial charge is 0.490 e. The first-order valence-electron chi connectivity index (χ1n) is 11.8. The molecule has 1 heterocycles. The molecule has 0 spiro atoms. The molecule has 8 nitrogen and oxygen atoms in total. The Kier molecular flexibility index (Phi) is 8.79. The maximum absolute atomic E-state index is 13.2. The summed E-state index contributed by atoms with van der Waals surface area (Å²) in [4.78, 5) is 13.4. The van der Waals surface area contributed by atoms with Gasteiger partial charge in [-0.1, -0.05) is 12.5 Å². The Balaban J connectivity index is 1.92. The maximum Gasteiger partial charge on any atom is 0.255 e. The van der Waals surface area contributed by atoms with Crippen molar-refractivity contribution >= 4 is 21.6 Å². The number of amides is 1. The lowest BCUT2D eigenvalue weighted by molar-refractivity contribution is 0.102. The number of anilines is 1. The van der Waals surface area contributed by atoms with Crippen LogP contribution in [0.1, 0.15) is 56.0 Å². The second-order valence-corrected chi connectivity index (χ2v) is 9.93. The molecule has 1 saturated heterocycles. The van der Waals surface area contributed by atoms with E-state index in [1.807, 2.05) is 27.7 Å². The van der Waals surface area contributed by atoms with Crippen LogP contribution in [0.5, 0.6) is 17.2 Å². The van der Waals surface area contributed by atoms with Crippen molar-refractivity contribution in [2.45, 2.75) is 51.9 Å². The summed E-state index contributed by atoms with van der Waals surface area (Å²) in [6.07, 6.45) is 2.75. The van der Waals surface area contributed by atoms with Crippen molar-refractivity contribution in [3.8, 4) is 17.2 Å². The molecular weight excluding hydrogens is 456 g/mol. The highest BCUT2D eigenvalue weighted by Gasteiger charge is 2.27. The molecule has 0 aromatic heterocycles. The molecule has 1 aliphatic rings. The zero-order valence-electron chi connectivity index (χ0n) is 20.3. The van der Waals surface area contributed by atoms with Gasteiger partial charge in [-0.15, -0.1) is 0 Å². The second kappa shape index (κ2) is 11.6. The van der Waals surface area contributed by atoms with Crippen molar-refractivity contribution in [3.05, 3.63) is 41.5 Å². The van der Waals surface area contributed by atoms with Crippen LogP contribution in [-0.4, -0.2) is 51.5 Å². The van der Waals surface area contributed by atoms with Gasteiger partial charge in [0.25, 0.3) is 5.91 Å². The van der Waals surface area contributed by atoms with Crippen LogP contribution in [0, 0.1) is 6.92 Å². The number of rotatable bonds is 10. The van der Waals surface area contributed by atoms with Gasteiger partial charge in [-0.25, -0.2) is 8.42 Å². The third kappa shape index (κ3) is 5.82. The van der Waals surface area contributed by atoms with Gasteiger partial charge in [-0.05, 0) is 70.4 Å². The van der Waals surface area contributed by atoms with E-state index in [1.54, 1.807) is 24.3 Å². The first-order valence-corrected chi connectivity index (χ1v) is 13.2. The number of sulfonamides is 1. The zero-order chi connectivity index (χ0) is 24.7. The van der Waals surface area contributed by atoms with E-state index >= 15 is 0 Å². The van der Waals surface area contributed by atoms with Gasteiger partial charge in [0.05, 0.1) is 24.7 Å². The number of hydrogen-bond acceptors (Lipinski definition) is 6. The lowest BCUT2D eigenvalue weighted by Gasteiger charge is -2.26. The van der Waals surface area contributed by atoms with Crippen LogP contribution in [0.25, 0.3) is 0 Å². The molecule has 0 saturated carbocycles. The molecule has 9 heteroatoms. The second-order valence-electron chi connectivity index (χ2n) is 8.00. The van der Waals surface area contributed by atoms with Crippen LogP contribution >= 0.6 is 0 Å². The number of nitrogens with zero attached hydrogens (tertiary/aromatic N) is 1. The lowest BCUT2D eigenvalue weighted by Crippen LogP contribution is -2.35. The van der Waals surface area contributed by atoms with Crippen molar-refractivity contribution < 1.29 is 27.4 Å². The number of carbonyl (C=O) groups excluding carboxylic acids is 1. The Morgan fingerprint density at radius 2 is 1.50 bits per heavy atom. The van der Waals surface area contributed by atoms with E-state index in [0.717, 1.165) is 24.8 Å². The van der Waals surface area contributed by atoms with E-state index in [0.29, 0.717) is 61.4 Å². The van der Waals surface area contributed by atoms with Crippen LogP contribution in [-0.2, 0) is 10.0 Å². The fourth-order valence-corrected chi connectivity index (χ4v) is 5.41. The van der Waals surface area contributed by atoms with Crippen LogP contribution in [0.15, 0.2) is 35.2 Å². The van der Waals surface area contributed by atoms with Crippen molar-refractivity contribution in [2.75, 3.05) is 38.2 Å². The Hall–Kier alpha value is -2.78. The molecule has 0 atom stereocenters. The number of aryl methyl sites for hydroxylation is 1. The molecule has 3 rings (SSSR count). The Morgan fingerprint density at radius 1 is 0.912 bits per heavy atom. The standard InChI is InChI=1S/C25H34N2O6S/c1-5-31-22-15-19(16-23(32-6-2)24(22)33-7-3)25(28)26-21-17-20(12-11-18(21)4)34(29,30)27-13-9-8-10-14-27/h11-12,15-17H,5-10,13-14H2,1-4H3,(H,26,28). The fourth-order valence-electron chi connectivity index (χ4n) is 3.86. The van der Waals surface area contributed by atoms with Crippen molar-refractivity contribution in [2.24, 2.45) is 0 Å². The van der Waals surface area contributed by atoms with E-state index in [-0.39, 0.29) is 4.90 Å². The van der Waals surface area contributed by atoms with Crippen molar-refractivity contribution in [1.29, 1.82) is 0 Å². The van der Waals surface area contributed by atoms with E-state index < -0.39 is 15.9 Å². The third-order valence-electron chi connectivity index (χ3n) is 5.58. The monoisotopic (exact) mass is 490 g/mol. The van der Waals surface area contributed by atoms with Gasteiger partial charge in [-0.2, -0.15) is 4.31 Å². The first kappa shape index (κ1) is 25.8. The van der Waals surface area contributed by atoms with Gasteiger partial charge < -0.3 is 19.5 Å². The highest BCUT2D eigenvalue weighted by molar-refractivity contribution is 7.89. The summed E-state index contributed by atoms with van der Waals surface area (Å²) < 4.78 is 44.8. The predicted octanol–water partition coefficient (Wildman–Crippen LogP) is 4.62. The van der Waals surface area contributed by atoms with Gasteiger partial charge in [0.2, 0.25) is 15.8 Å². The molecule has 186 valence electrons. The number of carbonyl (C=O) groups is 1. The van der Waals surface area contributed by atoms with E-state index in [9.17, 15) is 13.2 Å². The average molecular weight is 491 g/mol. The van der Waals surface area contributed by atoms with Crippen molar-refractivity contribution in [3.63, 3.8) is 0 Å². The van der Waals surface area contributed by atoms with Crippen molar-refractivity contribution in [1.82, 2.24) is 4.31 Å². The number of benzene rings is 2. The Bertz CT molecular complexity index is 1080. The summed E-state index contributed by atoms with van der Waals surface area (Å²) >= 11 is 0. The van der Waals surface area contributed by atoms with E-state index in [2.05, 4.69) is 5.32 Å². The minimum atomic E-state index is -3.62. The summed E-state index contributed by atoms with van der Waals surface area (Å²) in [7, 11) is -3.62. The topological polar surface area (TPSA) is 94.2 Å². The highest BCUT2D eigenvalue weighted by atomic mass is 32.2. The lowest BCUT2D eigenvalue weighted by atomic mass is 10.1. The van der Waals surface area contributed by atoms with Gasteiger partial charge in [-0.3, -0.25) is 4.79 Å². The normalized spacial score (nSPS) is 14.5. The van der Waals surface area contributed by atoms with Gasteiger partial charge >= 0.3 is 0 Å². The van der Waals surface area contributed by atoms with E-state index in [1.165, 1.54) is 10.4 Å². The van der Waals surface area contributed by atoms with Gasteiger partial charge in [0.1, 0.15) is 0 Å². The zero-order valence-corrected chi connectivity index (χ0v) is 21.2. The molecule has 0 unspecified atom stereocenters. The number of ether oxygens (including phenoxy) is 3. The molecule has 1 aliphatic heterocycles. The Labute approximate surface area is 202 Å². The summed E-state index contributed by atoms with van der Waals surface area (Å²) in [5, 5.41) is 2.86. The highest BCUT2D eigenvalue weighted by Crippen LogP contribution is 2.39. The predicted molar refractivity (Wildman–Crippen MR) is 132 cm³/mol. The number of piperidine rings is 1. The molecule has 2 aromatic carbocycles. The maximum atomic E-state index is 13.2. The molecule has 34 heavy (non-hydrogen) atoms. The molecule has 2 aromatic rings. The molecule has 1 fully saturated rings. The molecule has 1 amide bonds. The molecule has 0 radical (unpaired) electrons. The quantitative estimate of drug-likeness (QED) is 0.522. The smallest absolute Gasteiger partial charge is 0.255 e. The summed E-state index contributed by atoms with van der Waals surface area (Å²) in [5.74, 6) is 0.881. The minimum Gasteiger partial charge on any atom is -0.490 e. The van der Waals surface area contributed by atoms with Gasteiger partial charge in [0.15, 0.2) is 11.5 Å². The average Bonchev–Trinajstić information content (AvgIpc) is 2.83. The molecule has 0 aliphatic carbocycles. The summed E-state index contributed by atoms with van der Waals surface area (Å²) in [6.45, 7) is 9.62. The fraction of sp³-hybridized carbons (Fsp3) is 0.480. The van der Waals surface area contributed by atoms with Crippen LogP contribution in [0.3, 0.4) is 0 Å². The molecular formula is C25H34N2O6S. The summed E-state index contributed by atoms with van der Waals surface area (Å²) in [6, 6.07) is 8.04.